The second-order valence-corrected chi connectivity index (χ2v) is 7.80. The Morgan fingerprint density at radius 2 is 2.04 bits per heavy atom. The molecule has 0 atom stereocenters. The molecule has 0 aliphatic heterocycles. The van der Waals surface area contributed by atoms with Crippen molar-refractivity contribution in [2.24, 2.45) is 0 Å². The normalized spacial score (nSPS) is 11.6. The number of nitrogens with zero attached hydrogens (tertiary/aromatic N) is 3. The molecule has 1 aromatic carbocycles. The first-order valence-electron chi connectivity index (χ1n) is 8.27. The Labute approximate surface area is 156 Å². The van der Waals surface area contributed by atoms with Crippen LogP contribution in [0.2, 0.25) is 5.28 Å². The van der Waals surface area contributed by atoms with Crippen molar-refractivity contribution in [3.63, 3.8) is 0 Å². The highest BCUT2D eigenvalue weighted by Crippen LogP contribution is 2.26. The summed E-state index contributed by atoms with van der Waals surface area (Å²) in [5, 5.41) is 6.27. The highest BCUT2D eigenvalue weighted by molar-refractivity contribution is 7.09. The van der Waals surface area contributed by atoms with Gasteiger partial charge in [-0.05, 0) is 43.5 Å². The summed E-state index contributed by atoms with van der Waals surface area (Å²) in [6.07, 6.45) is 0. The summed E-state index contributed by atoms with van der Waals surface area (Å²) in [6, 6.07) is 5.72. The molecule has 25 heavy (non-hydrogen) atoms. The van der Waals surface area contributed by atoms with Crippen LogP contribution in [0.1, 0.15) is 60.7 Å². The summed E-state index contributed by atoms with van der Waals surface area (Å²) in [5.74, 6) is 0.216. The molecule has 3 rings (SSSR count). The zero-order chi connectivity index (χ0) is 18.1. The number of thiazole rings is 1. The first-order chi connectivity index (χ1) is 11.9. The van der Waals surface area contributed by atoms with Crippen LogP contribution in [0, 0.1) is 0 Å². The molecule has 5 nitrogen and oxygen atoms in total. The van der Waals surface area contributed by atoms with Gasteiger partial charge in [-0.3, -0.25) is 4.79 Å². The summed E-state index contributed by atoms with van der Waals surface area (Å²) in [6.45, 7) is 8.69. The maximum Gasteiger partial charge on any atom is 0.253 e. The molecule has 0 aliphatic rings. The van der Waals surface area contributed by atoms with Crippen LogP contribution in [0.5, 0.6) is 0 Å². The largest absolute Gasteiger partial charge is 0.345 e. The van der Waals surface area contributed by atoms with Gasteiger partial charge in [0.2, 0.25) is 5.28 Å². The number of imidazole rings is 1. The molecule has 0 saturated heterocycles. The standard InChI is InChI=1S/C18H21ClN4OS/c1-10(2)13-9-25-15(21-13)8-20-17(24)12-6-5-7-14-16(12)22-18(19)23(14)11(3)4/h5-7,9-11H,8H2,1-4H3,(H,20,24). The number of halogens is 1. The molecule has 0 spiro atoms. The van der Waals surface area contributed by atoms with Crippen molar-refractivity contribution < 1.29 is 4.79 Å². The number of amides is 1. The van der Waals surface area contributed by atoms with Crippen LogP contribution in [0.15, 0.2) is 23.6 Å². The van der Waals surface area contributed by atoms with Crippen molar-refractivity contribution in [3.8, 4) is 0 Å². The van der Waals surface area contributed by atoms with Gasteiger partial charge >= 0.3 is 0 Å². The summed E-state index contributed by atoms with van der Waals surface area (Å²) in [7, 11) is 0. The highest BCUT2D eigenvalue weighted by atomic mass is 35.5. The number of nitrogens with one attached hydrogen (secondary N) is 1. The summed E-state index contributed by atoms with van der Waals surface area (Å²) < 4.78 is 1.92. The molecule has 0 saturated carbocycles. The van der Waals surface area contributed by atoms with Crippen LogP contribution < -0.4 is 5.32 Å². The van der Waals surface area contributed by atoms with E-state index in [9.17, 15) is 4.79 Å². The van der Waals surface area contributed by atoms with Gasteiger partial charge in [-0.1, -0.05) is 19.9 Å². The van der Waals surface area contributed by atoms with Crippen LogP contribution in [0.4, 0.5) is 0 Å². The number of carbonyl (C=O) groups excluding carboxylic acids is 1. The average molecular weight is 377 g/mol. The SMILES string of the molecule is CC(C)c1csc(CNC(=O)c2cccc3c2nc(Cl)n3C(C)C)n1. The van der Waals surface area contributed by atoms with E-state index in [0.717, 1.165) is 16.2 Å². The molecule has 0 bridgehead atoms. The molecule has 1 N–H and O–H groups in total. The molecule has 0 fully saturated rings. The van der Waals surface area contributed by atoms with Crippen LogP contribution in [0.25, 0.3) is 11.0 Å². The van der Waals surface area contributed by atoms with Crippen LogP contribution in [-0.4, -0.2) is 20.4 Å². The van der Waals surface area contributed by atoms with E-state index in [1.54, 1.807) is 17.4 Å². The fourth-order valence-corrected chi connectivity index (χ4v) is 3.95. The molecule has 7 heteroatoms. The third-order valence-corrected chi connectivity index (χ3v) is 5.13. The number of hydrogen-bond acceptors (Lipinski definition) is 4. The zero-order valence-electron chi connectivity index (χ0n) is 14.7. The lowest BCUT2D eigenvalue weighted by Gasteiger charge is -2.10. The number of hydrogen-bond donors (Lipinski definition) is 1. The highest BCUT2D eigenvalue weighted by Gasteiger charge is 2.18. The van der Waals surface area contributed by atoms with Crippen molar-refractivity contribution in [3.05, 3.63) is 45.1 Å². The van der Waals surface area contributed by atoms with Gasteiger partial charge in [0.05, 0.1) is 23.3 Å². The van der Waals surface area contributed by atoms with E-state index in [0.29, 0.717) is 28.8 Å². The van der Waals surface area contributed by atoms with E-state index in [1.165, 1.54) is 0 Å². The second kappa shape index (κ2) is 7.14. The fourth-order valence-electron chi connectivity index (χ4n) is 2.69. The van der Waals surface area contributed by atoms with Gasteiger partial charge in [-0.2, -0.15) is 0 Å². The number of benzene rings is 1. The first kappa shape index (κ1) is 17.9. The average Bonchev–Trinajstić information content (AvgIpc) is 3.15. The summed E-state index contributed by atoms with van der Waals surface area (Å²) in [5.41, 5.74) is 3.07. The van der Waals surface area contributed by atoms with E-state index >= 15 is 0 Å². The van der Waals surface area contributed by atoms with Crippen molar-refractivity contribution in [2.45, 2.75) is 46.2 Å². The second-order valence-electron chi connectivity index (χ2n) is 6.52. The maximum absolute atomic E-state index is 12.6. The number of para-hydroxylation sites is 1. The molecule has 2 heterocycles. The molecular weight excluding hydrogens is 356 g/mol. The topological polar surface area (TPSA) is 59.8 Å². The van der Waals surface area contributed by atoms with E-state index in [-0.39, 0.29) is 11.9 Å². The van der Waals surface area contributed by atoms with Crippen molar-refractivity contribution in [1.82, 2.24) is 19.9 Å². The first-order valence-corrected chi connectivity index (χ1v) is 9.53. The van der Waals surface area contributed by atoms with Gasteiger partial charge in [-0.15, -0.1) is 11.3 Å². The minimum absolute atomic E-state index is 0.167. The zero-order valence-corrected chi connectivity index (χ0v) is 16.3. The lowest BCUT2D eigenvalue weighted by Crippen LogP contribution is -2.23. The Morgan fingerprint density at radius 3 is 2.68 bits per heavy atom. The van der Waals surface area contributed by atoms with Gasteiger partial charge in [0.1, 0.15) is 10.5 Å². The van der Waals surface area contributed by atoms with Crippen LogP contribution >= 0.6 is 22.9 Å². The summed E-state index contributed by atoms with van der Waals surface area (Å²) >= 11 is 7.82. The van der Waals surface area contributed by atoms with Crippen molar-refractivity contribution in [1.29, 1.82) is 0 Å². The predicted molar refractivity (Wildman–Crippen MR) is 103 cm³/mol. The van der Waals surface area contributed by atoms with E-state index < -0.39 is 0 Å². The predicted octanol–water partition coefficient (Wildman–Crippen LogP) is 4.78. The van der Waals surface area contributed by atoms with Crippen molar-refractivity contribution >= 4 is 39.9 Å². The molecule has 0 unspecified atom stereocenters. The minimum atomic E-state index is -0.169. The van der Waals surface area contributed by atoms with Gasteiger partial charge in [0, 0.05) is 11.4 Å². The molecule has 0 radical (unpaired) electrons. The number of rotatable bonds is 5. The molecule has 132 valence electrons. The molecule has 1 amide bonds. The lowest BCUT2D eigenvalue weighted by molar-refractivity contribution is 0.0952. The molecular formula is C18H21ClN4OS. The third kappa shape index (κ3) is 3.55. The van der Waals surface area contributed by atoms with E-state index in [2.05, 4.69) is 29.1 Å². The molecule has 0 aliphatic carbocycles. The monoisotopic (exact) mass is 376 g/mol. The van der Waals surface area contributed by atoms with Gasteiger partial charge in [0.25, 0.3) is 5.91 Å². The Bertz CT molecular complexity index is 913. The molecule has 3 aromatic rings. The van der Waals surface area contributed by atoms with Gasteiger partial charge < -0.3 is 9.88 Å². The Hall–Kier alpha value is -1.92. The maximum atomic E-state index is 12.6. The van der Waals surface area contributed by atoms with E-state index in [4.69, 9.17) is 11.6 Å². The number of carbonyl (C=O) groups is 1. The van der Waals surface area contributed by atoms with Crippen LogP contribution in [-0.2, 0) is 6.54 Å². The van der Waals surface area contributed by atoms with Gasteiger partial charge in [-0.25, -0.2) is 9.97 Å². The fraction of sp³-hybridized carbons (Fsp3) is 0.389. The minimum Gasteiger partial charge on any atom is -0.345 e. The Morgan fingerprint density at radius 1 is 1.28 bits per heavy atom. The lowest BCUT2D eigenvalue weighted by atomic mass is 10.1. The number of fused-ring (bicyclic) bond motifs is 1. The van der Waals surface area contributed by atoms with E-state index in [1.807, 2.05) is 35.9 Å². The Balaban J connectivity index is 1.83. The molecule has 2 aromatic heterocycles. The smallest absolute Gasteiger partial charge is 0.253 e. The Kier molecular flexibility index (Phi) is 5.11. The van der Waals surface area contributed by atoms with Crippen molar-refractivity contribution in [2.75, 3.05) is 0 Å². The van der Waals surface area contributed by atoms with Crippen LogP contribution in [0.3, 0.4) is 0 Å². The van der Waals surface area contributed by atoms with Gasteiger partial charge in [0.15, 0.2) is 0 Å². The number of aromatic nitrogens is 3. The third-order valence-electron chi connectivity index (χ3n) is 4.00. The quantitative estimate of drug-likeness (QED) is 0.697. The summed E-state index contributed by atoms with van der Waals surface area (Å²) in [4.78, 5) is 21.6.